The maximum atomic E-state index is 13.5. The van der Waals surface area contributed by atoms with E-state index in [1.165, 1.54) is 12.1 Å². The highest BCUT2D eigenvalue weighted by Crippen LogP contribution is 2.45. The molecule has 0 amide bonds. The summed E-state index contributed by atoms with van der Waals surface area (Å²) < 4.78 is 44.0. The predicted octanol–water partition coefficient (Wildman–Crippen LogP) is 2.18. The van der Waals surface area contributed by atoms with Crippen molar-refractivity contribution < 1.29 is 27.8 Å². The van der Waals surface area contributed by atoms with E-state index >= 15 is 0 Å². The average molecular weight is 478 g/mol. The van der Waals surface area contributed by atoms with E-state index in [1.807, 2.05) is 11.9 Å². The zero-order valence-corrected chi connectivity index (χ0v) is 18.1. The van der Waals surface area contributed by atoms with Crippen LogP contribution in [0.4, 0.5) is 4.39 Å². The van der Waals surface area contributed by atoms with Crippen molar-refractivity contribution in [3.05, 3.63) is 62.1 Å². The van der Waals surface area contributed by atoms with Gasteiger partial charge >= 0.3 is 13.4 Å². The van der Waals surface area contributed by atoms with Crippen molar-refractivity contribution in [2.75, 3.05) is 13.2 Å². The molecule has 0 radical (unpaired) electrons. The van der Waals surface area contributed by atoms with Crippen LogP contribution in [0.5, 0.6) is 5.75 Å². The van der Waals surface area contributed by atoms with Gasteiger partial charge < -0.3 is 14.4 Å². The van der Waals surface area contributed by atoms with Gasteiger partial charge in [0.2, 0.25) is 5.82 Å². The maximum absolute atomic E-state index is 13.5. The smallest absolute Gasteiger partial charge is 0.413 e. The molecular weight excluding hydrogens is 456 g/mol. The van der Waals surface area contributed by atoms with Crippen LogP contribution in [-0.2, 0) is 13.8 Å². The molecule has 1 aliphatic heterocycles. The van der Waals surface area contributed by atoms with Crippen molar-refractivity contribution in [2.24, 2.45) is 0 Å². The van der Waals surface area contributed by atoms with Crippen molar-refractivity contribution in [3.63, 3.8) is 0 Å². The Kier molecular flexibility index (Phi) is 7.68. The van der Waals surface area contributed by atoms with Gasteiger partial charge in [-0.1, -0.05) is 18.5 Å². The lowest BCUT2D eigenvalue weighted by Crippen LogP contribution is -2.34. The van der Waals surface area contributed by atoms with Gasteiger partial charge in [-0.25, -0.2) is 14.4 Å². The van der Waals surface area contributed by atoms with E-state index in [0.29, 0.717) is 24.2 Å². The van der Waals surface area contributed by atoms with E-state index in [4.69, 9.17) is 25.4 Å². The Morgan fingerprint density at radius 1 is 1.39 bits per heavy atom. The number of aliphatic hydroxyl groups is 1. The second-order valence-electron chi connectivity index (χ2n) is 6.82. The zero-order chi connectivity index (χ0) is 22.6. The minimum Gasteiger partial charge on any atom is -0.413 e. The van der Waals surface area contributed by atoms with Crippen molar-refractivity contribution >= 4 is 19.3 Å². The van der Waals surface area contributed by atoms with Gasteiger partial charge in [0.25, 0.3) is 5.56 Å². The lowest BCUT2D eigenvalue weighted by Gasteiger charge is -2.22. The Hall–Kier alpha value is -2.01. The largest absolute Gasteiger partial charge is 0.458 e. The lowest BCUT2D eigenvalue weighted by molar-refractivity contribution is -0.0428. The number of hydrogen-bond acceptors (Lipinski definition) is 7. The predicted molar refractivity (Wildman–Crippen MR) is 110 cm³/mol. The van der Waals surface area contributed by atoms with Crippen LogP contribution in [0.2, 0.25) is 5.02 Å². The van der Waals surface area contributed by atoms with E-state index < -0.39 is 43.2 Å². The van der Waals surface area contributed by atoms with Crippen LogP contribution in [0, 0.1) is 5.82 Å². The Bertz CT molecular complexity index is 1060. The maximum Gasteiger partial charge on any atom is 0.458 e. The zero-order valence-electron chi connectivity index (χ0n) is 16.5. The molecule has 13 heteroatoms. The molecule has 1 saturated heterocycles. The molecule has 1 unspecified atom stereocenters. The molecule has 31 heavy (non-hydrogen) atoms. The Morgan fingerprint density at radius 3 is 2.77 bits per heavy atom. The summed E-state index contributed by atoms with van der Waals surface area (Å²) in [6.45, 7) is 1.88. The van der Waals surface area contributed by atoms with Gasteiger partial charge in [0.1, 0.15) is 18.1 Å². The first-order valence-corrected chi connectivity index (χ1v) is 11.4. The molecule has 0 bridgehead atoms. The van der Waals surface area contributed by atoms with E-state index in [2.05, 4.69) is 5.09 Å². The van der Waals surface area contributed by atoms with Gasteiger partial charge in [-0.05, 0) is 30.7 Å². The van der Waals surface area contributed by atoms with Crippen molar-refractivity contribution in [1.82, 2.24) is 14.6 Å². The lowest BCUT2D eigenvalue weighted by atomic mass is 10.2. The summed E-state index contributed by atoms with van der Waals surface area (Å²) in [6, 6.07) is 6.19. The van der Waals surface area contributed by atoms with Gasteiger partial charge in [-0.15, -0.1) is 0 Å². The highest BCUT2D eigenvalue weighted by Gasteiger charge is 2.38. The van der Waals surface area contributed by atoms with Crippen molar-refractivity contribution in [3.8, 4) is 5.75 Å². The van der Waals surface area contributed by atoms with Gasteiger partial charge in [-0.3, -0.25) is 18.9 Å². The van der Waals surface area contributed by atoms with Gasteiger partial charge in [0, 0.05) is 18.0 Å². The molecule has 1 aromatic heterocycles. The molecule has 0 saturated carbocycles. The van der Waals surface area contributed by atoms with E-state index in [1.54, 1.807) is 12.1 Å². The molecule has 170 valence electrons. The normalized spacial score (nSPS) is 22.9. The number of H-pyrrole nitrogens is 1. The summed E-state index contributed by atoms with van der Waals surface area (Å²) in [6.07, 6.45) is -1.81. The van der Waals surface area contributed by atoms with Crippen LogP contribution >= 0.6 is 19.3 Å². The number of aromatic nitrogens is 2. The minimum absolute atomic E-state index is 0.0653. The van der Waals surface area contributed by atoms with Crippen LogP contribution < -0.4 is 20.9 Å². The van der Waals surface area contributed by atoms with Crippen LogP contribution in [-0.4, -0.2) is 40.0 Å². The third-order valence-corrected chi connectivity index (χ3v) is 6.25. The number of nitrogens with one attached hydrogen (secondary N) is 2. The number of aliphatic hydroxyl groups excluding tert-OH is 1. The first-order chi connectivity index (χ1) is 14.7. The van der Waals surface area contributed by atoms with Crippen LogP contribution in [0.1, 0.15) is 26.0 Å². The van der Waals surface area contributed by atoms with Gasteiger partial charge in [0.15, 0.2) is 0 Å². The molecular formula is C18H22ClFN3O7P. The molecule has 1 aliphatic rings. The van der Waals surface area contributed by atoms with Crippen LogP contribution in [0.3, 0.4) is 0 Å². The summed E-state index contributed by atoms with van der Waals surface area (Å²) in [5.41, 5.74) is -2.03. The summed E-state index contributed by atoms with van der Waals surface area (Å²) in [5, 5.41) is 13.5. The second kappa shape index (κ2) is 10.1. The number of nitrogens with zero attached hydrogens (tertiary/aromatic N) is 1. The number of aromatic amines is 1. The third-order valence-electron chi connectivity index (χ3n) is 4.44. The summed E-state index contributed by atoms with van der Waals surface area (Å²) in [5.74, 6) is -0.903. The number of rotatable bonds is 9. The molecule has 0 aliphatic carbocycles. The number of benzene rings is 1. The Morgan fingerprint density at radius 2 is 2.10 bits per heavy atom. The molecule has 1 fully saturated rings. The summed E-state index contributed by atoms with van der Waals surface area (Å²) >= 11 is 5.84. The van der Waals surface area contributed by atoms with Crippen LogP contribution in [0.25, 0.3) is 0 Å². The van der Waals surface area contributed by atoms with Gasteiger partial charge in [-0.2, -0.15) is 4.39 Å². The minimum atomic E-state index is -3.83. The SMILES string of the molecule is CCCNP(=O)(OC[C@H]1O[C@@H](n2cc(F)c(=O)[nH]c2=O)C[C@@H]1O)Oc1ccc(Cl)cc1. The first-order valence-electron chi connectivity index (χ1n) is 9.50. The molecule has 3 N–H and O–H groups in total. The highest BCUT2D eigenvalue weighted by atomic mass is 35.5. The topological polar surface area (TPSA) is 132 Å². The third kappa shape index (κ3) is 6.03. The number of hydrogen-bond donors (Lipinski definition) is 3. The highest BCUT2D eigenvalue weighted by molar-refractivity contribution is 7.52. The fraction of sp³-hybridized carbons (Fsp3) is 0.444. The summed E-state index contributed by atoms with van der Waals surface area (Å²) in [7, 11) is -3.83. The first kappa shape index (κ1) is 23.6. The molecule has 1 aromatic carbocycles. The van der Waals surface area contributed by atoms with Gasteiger partial charge in [0.05, 0.1) is 18.9 Å². The number of halogens is 2. The average Bonchev–Trinajstić information content (AvgIpc) is 3.10. The molecule has 3 rings (SSSR count). The fourth-order valence-corrected chi connectivity index (χ4v) is 4.44. The number of ether oxygens (including phenoxy) is 1. The van der Waals surface area contributed by atoms with E-state index in [0.717, 1.165) is 4.57 Å². The van der Waals surface area contributed by atoms with Crippen molar-refractivity contribution in [2.45, 2.75) is 38.2 Å². The standard InChI is InChI=1S/C18H22ClFN3O7P/c1-2-7-21-31(27,30-12-5-3-11(19)4-6-12)28-10-15-14(24)8-16(29-15)23-9-13(20)17(25)22-18(23)26/h3-6,9,14-16,24H,2,7-8,10H2,1H3,(H,21,27)(H,22,25,26)/t14-,15+,16+,31?/m0/s1. The second-order valence-corrected chi connectivity index (χ2v) is 9.01. The molecule has 0 spiro atoms. The van der Waals surface area contributed by atoms with E-state index in [-0.39, 0.29) is 18.8 Å². The molecule has 4 atom stereocenters. The monoisotopic (exact) mass is 477 g/mol. The molecule has 10 nitrogen and oxygen atoms in total. The van der Waals surface area contributed by atoms with E-state index in [9.17, 15) is 23.7 Å². The quantitative estimate of drug-likeness (QED) is 0.468. The molecule has 2 aromatic rings. The fourth-order valence-electron chi connectivity index (χ4n) is 2.87. The Balaban J connectivity index is 1.69. The molecule has 2 heterocycles. The Labute approximate surface area is 181 Å². The van der Waals surface area contributed by atoms with Crippen LogP contribution in [0.15, 0.2) is 40.1 Å². The summed E-state index contributed by atoms with van der Waals surface area (Å²) in [4.78, 5) is 24.9. The van der Waals surface area contributed by atoms with Crippen molar-refractivity contribution in [1.29, 1.82) is 0 Å².